The molecule has 25 heavy (non-hydrogen) atoms. The molecule has 0 atom stereocenters. The van der Waals surface area contributed by atoms with Gasteiger partial charge in [0.25, 0.3) is 0 Å². The number of methoxy groups -OCH3 is 2. The van der Waals surface area contributed by atoms with Crippen molar-refractivity contribution in [2.45, 2.75) is 13.0 Å². The van der Waals surface area contributed by atoms with Crippen molar-refractivity contribution < 1.29 is 23.5 Å². The van der Waals surface area contributed by atoms with Crippen molar-refractivity contribution in [1.29, 1.82) is 0 Å². The van der Waals surface area contributed by atoms with Crippen molar-refractivity contribution >= 4 is 17.5 Å². The van der Waals surface area contributed by atoms with E-state index in [9.17, 15) is 14.0 Å². The molecule has 0 spiro atoms. The number of carbonyl (C=O) groups is 2. The number of hydrogen-bond donors (Lipinski definition) is 2. The first-order chi connectivity index (χ1) is 12.0. The standard InChI is InChI=1S/C18H19FN2O4/c1-24-13-7-8-16(25-2)15(9-13)21-18(23)10-17(22)20-11-12-5-3-4-6-14(12)19/h3-9H,10-11H2,1-2H3,(H,20,22)(H,21,23). The Morgan fingerprint density at radius 2 is 1.80 bits per heavy atom. The summed E-state index contributed by atoms with van der Waals surface area (Å²) in [5.74, 6) is -0.449. The van der Waals surface area contributed by atoms with E-state index in [2.05, 4.69) is 10.6 Å². The first kappa shape index (κ1) is 18.3. The number of carbonyl (C=O) groups excluding carboxylic acids is 2. The van der Waals surface area contributed by atoms with Gasteiger partial charge in [-0.05, 0) is 18.2 Å². The third-order valence-electron chi connectivity index (χ3n) is 3.44. The van der Waals surface area contributed by atoms with E-state index in [0.29, 0.717) is 22.7 Å². The Balaban J connectivity index is 1.91. The lowest BCUT2D eigenvalue weighted by atomic mass is 10.2. The Hall–Kier alpha value is -3.09. The van der Waals surface area contributed by atoms with Crippen molar-refractivity contribution in [3.63, 3.8) is 0 Å². The van der Waals surface area contributed by atoms with Crippen LogP contribution >= 0.6 is 0 Å². The second kappa shape index (κ2) is 8.68. The zero-order valence-electron chi connectivity index (χ0n) is 14.0. The molecule has 132 valence electrons. The lowest BCUT2D eigenvalue weighted by Crippen LogP contribution is -2.28. The van der Waals surface area contributed by atoms with Gasteiger partial charge in [-0.2, -0.15) is 0 Å². The maximum absolute atomic E-state index is 13.5. The minimum absolute atomic E-state index is 0.0151. The molecule has 0 saturated heterocycles. The van der Waals surface area contributed by atoms with Crippen LogP contribution in [-0.4, -0.2) is 26.0 Å². The number of amides is 2. The van der Waals surface area contributed by atoms with Crippen molar-refractivity contribution in [3.05, 3.63) is 53.8 Å². The number of ether oxygens (including phenoxy) is 2. The highest BCUT2D eigenvalue weighted by Gasteiger charge is 2.13. The molecule has 0 aliphatic rings. The zero-order chi connectivity index (χ0) is 18.2. The van der Waals surface area contributed by atoms with Crippen LogP contribution in [0.25, 0.3) is 0 Å². The van der Waals surface area contributed by atoms with Crippen LogP contribution < -0.4 is 20.1 Å². The number of nitrogens with one attached hydrogen (secondary N) is 2. The zero-order valence-corrected chi connectivity index (χ0v) is 14.0. The van der Waals surface area contributed by atoms with E-state index in [4.69, 9.17) is 9.47 Å². The van der Waals surface area contributed by atoms with E-state index in [1.54, 1.807) is 36.4 Å². The monoisotopic (exact) mass is 346 g/mol. The van der Waals surface area contributed by atoms with Crippen molar-refractivity contribution in [2.24, 2.45) is 0 Å². The summed E-state index contributed by atoms with van der Waals surface area (Å²) in [5, 5.41) is 5.11. The van der Waals surface area contributed by atoms with Crippen LogP contribution in [0.1, 0.15) is 12.0 Å². The van der Waals surface area contributed by atoms with E-state index in [1.807, 2.05) is 0 Å². The van der Waals surface area contributed by atoms with Gasteiger partial charge in [0.15, 0.2) is 0 Å². The molecule has 0 unspecified atom stereocenters. The minimum Gasteiger partial charge on any atom is -0.497 e. The Labute approximate surface area is 144 Å². The van der Waals surface area contributed by atoms with Crippen LogP contribution in [0.15, 0.2) is 42.5 Å². The van der Waals surface area contributed by atoms with Crippen LogP contribution in [0.5, 0.6) is 11.5 Å². The molecule has 0 aromatic heterocycles. The number of anilines is 1. The Kier molecular flexibility index (Phi) is 6.33. The molecule has 0 heterocycles. The normalized spacial score (nSPS) is 10.0. The molecule has 2 aromatic carbocycles. The van der Waals surface area contributed by atoms with Crippen LogP contribution in [0.4, 0.5) is 10.1 Å². The second-order valence-electron chi connectivity index (χ2n) is 5.16. The smallest absolute Gasteiger partial charge is 0.233 e. The molecule has 2 amide bonds. The number of benzene rings is 2. The van der Waals surface area contributed by atoms with Gasteiger partial charge in [0.2, 0.25) is 11.8 Å². The minimum atomic E-state index is -0.516. The molecule has 0 aliphatic heterocycles. The van der Waals surface area contributed by atoms with Gasteiger partial charge in [0.1, 0.15) is 23.7 Å². The summed E-state index contributed by atoms with van der Waals surface area (Å²) in [5.41, 5.74) is 0.750. The van der Waals surface area contributed by atoms with Gasteiger partial charge in [-0.15, -0.1) is 0 Å². The fourth-order valence-corrected chi connectivity index (χ4v) is 2.15. The quantitative estimate of drug-likeness (QED) is 0.755. The van der Waals surface area contributed by atoms with Crippen molar-refractivity contribution in [2.75, 3.05) is 19.5 Å². The average molecular weight is 346 g/mol. The van der Waals surface area contributed by atoms with Gasteiger partial charge in [0.05, 0.1) is 19.9 Å². The molecule has 0 radical (unpaired) electrons. The summed E-state index contributed by atoms with van der Waals surface area (Å²) < 4.78 is 23.7. The van der Waals surface area contributed by atoms with E-state index < -0.39 is 24.1 Å². The summed E-state index contributed by atoms with van der Waals surface area (Å²) in [4.78, 5) is 23.9. The summed E-state index contributed by atoms with van der Waals surface area (Å²) in [6, 6.07) is 11.0. The fraction of sp³-hybridized carbons (Fsp3) is 0.222. The molecular weight excluding hydrogens is 327 g/mol. The summed E-state index contributed by atoms with van der Waals surface area (Å²) >= 11 is 0. The predicted octanol–water partition coefficient (Wildman–Crippen LogP) is 2.49. The molecular formula is C18H19FN2O4. The van der Waals surface area contributed by atoms with Crippen LogP contribution in [0, 0.1) is 5.82 Å². The van der Waals surface area contributed by atoms with Gasteiger partial charge in [-0.1, -0.05) is 18.2 Å². The van der Waals surface area contributed by atoms with Gasteiger partial charge in [-0.25, -0.2) is 4.39 Å². The SMILES string of the molecule is COc1ccc(OC)c(NC(=O)CC(=O)NCc2ccccc2F)c1. The molecule has 0 fully saturated rings. The Morgan fingerprint density at radius 3 is 2.48 bits per heavy atom. The molecule has 7 heteroatoms. The van der Waals surface area contributed by atoms with Gasteiger partial charge < -0.3 is 20.1 Å². The Morgan fingerprint density at radius 1 is 1.04 bits per heavy atom. The molecule has 0 saturated carbocycles. The molecule has 0 aliphatic carbocycles. The highest BCUT2D eigenvalue weighted by Crippen LogP contribution is 2.28. The first-order valence-corrected chi connectivity index (χ1v) is 7.55. The van der Waals surface area contributed by atoms with E-state index in [0.717, 1.165) is 0 Å². The highest BCUT2D eigenvalue weighted by atomic mass is 19.1. The topological polar surface area (TPSA) is 76.7 Å². The van der Waals surface area contributed by atoms with Crippen LogP contribution in [0.2, 0.25) is 0 Å². The van der Waals surface area contributed by atoms with Crippen LogP contribution in [0.3, 0.4) is 0 Å². The van der Waals surface area contributed by atoms with Crippen LogP contribution in [-0.2, 0) is 16.1 Å². The van der Waals surface area contributed by atoms with Gasteiger partial charge in [-0.3, -0.25) is 9.59 Å². The maximum atomic E-state index is 13.5. The molecule has 2 N–H and O–H groups in total. The lowest BCUT2D eigenvalue weighted by molar-refractivity contribution is -0.126. The number of halogens is 1. The second-order valence-corrected chi connectivity index (χ2v) is 5.16. The van der Waals surface area contributed by atoms with E-state index in [1.165, 1.54) is 20.3 Å². The highest BCUT2D eigenvalue weighted by molar-refractivity contribution is 6.04. The van der Waals surface area contributed by atoms with Crippen molar-refractivity contribution in [1.82, 2.24) is 5.32 Å². The van der Waals surface area contributed by atoms with Gasteiger partial charge in [0, 0.05) is 18.2 Å². The largest absolute Gasteiger partial charge is 0.497 e. The predicted molar refractivity (Wildman–Crippen MR) is 91.0 cm³/mol. The number of rotatable bonds is 7. The average Bonchev–Trinajstić information content (AvgIpc) is 2.60. The lowest BCUT2D eigenvalue weighted by Gasteiger charge is -2.12. The van der Waals surface area contributed by atoms with Gasteiger partial charge >= 0.3 is 0 Å². The summed E-state index contributed by atoms with van der Waals surface area (Å²) in [6.07, 6.45) is -0.394. The maximum Gasteiger partial charge on any atom is 0.233 e. The van der Waals surface area contributed by atoms with E-state index >= 15 is 0 Å². The number of hydrogen-bond acceptors (Lipinski definition) is 4. The molecule has 0 bridgehead atoms. The summed E-state index contributed by atoms with van der Waals surface area (Å²) in [6.45, 7) is 0.0151. The first-order valence-electron chi connectivity index (χ1n) is 7.55. The van der Waals surface area contributed by atoms with E-state index in [-0.39, 0.29) is 6.54 Å². The molecule has 2 rings (SSSR count). The molecule has 6 nitrogen and oxygen atoms in total. The summed E-state index contributed by atoms with van der Waals surface area (Å²) in [7, 11) is 2.97. The fourth-order valence-electron chi connectivity index (χ4n) is 2.15. The van der Waals surface area contributed by atoms with Crippen molar-refractivity contribution in [3.8, 4) is 11.5 Å². The molecule has 2 aromatic rings. The Bertz CT molecular complexity index is 764. The third kappa shape index (κ3) is 5.20. The third-order valence-corrected chi connectivity index (χ3v) is 3.44.